The maximum absolute atomic E-state index is 12.5. The highest BCUT2D eigenvalue weighted by Gasteiger charge is 2.16. The van der Waals surface area contributed by atoms with Crippen LogP contribution in [0.4, 0.5) is 5.69 Å². The molecule has 2 aromatic carbocycles. The van der Waals surface area contributed by atoms with Crippen LogP contribution in [0.2, 0.25) is 5.02 Å². The molecule has 0 aliphatic rings. The van der Waals surface area contributed by atoms with Crippen LogP contribution in [0.1, 0.15) is 5.56 Å². The molecule has 6 heteroatoms. The number of fused-ring (bicyclic) bond motifs is 1. The first-order valence-corrected chi connectivity index (χ1v) is 8.46. The van der Waals surface area contributed by atoms with Crippen LogP contribution in [0.25, 0.3) is 10.9 Å². The maximum Gasteiger partial charge on any atom is 0.261 e. The predicted octanol–water partition coefficient (Wildman–Crippen LogP) is 4.00. The summed E-state index contributed by atoms with van der Waals surface area (Å²) < 4.78 is 27.6. The SMILES string of the molecule is Cc1cc(S(=O)(=O)Nc2cccc3cccnc23)ccc1Cl. The van der Waals surface area contributed by atoms with Crippen molar-refractivity contribution in [3.05, 3.63) is 65.3 Å². The van der Waals surface area contributed by atoms with Gasteiger partial charge in [-0.15, -0.1) is 0 Å². The van der Waals surface area contributed by atoms with E-state index < -0.39 is 10.0 Å². The summed E-state index contributed by atoms with van der Waals surface area (Å²) in [7, 11) is -3.69. The smallest absolute Gasteiger partial charge is 0.261 e. The number of aryl methyl sites for hydroxylation is 1. The normalized spacial score (nSPS) is 11.5. The number of hydrogen-bond donors (Lipinski definition) is 1. The Kier molecular flexibility index (Phi) is 3.76. The van der Waals surface area contributed by atoms with Gasteiger partial charge in [-0.1, -0.05) is 29.8 Å². The first kappa shape index (κ1) is 14.8. The van der Waals surface area contributed by atoms with Crippen LogP contribution >= 0.6 is 11.6 Å². The number of nitrogens with one attached hydrogen (secondary N) is 1. The Bertz CT molecular complexity index is 950. The Morgan fingerprint density at radius 1 is 1.09 bits per heavy atom. The Labute approximate surface area is 133 Å². The van der Waals surface area contributed by atoms with Crippen molar-refractivity contribution in [2.24, 2.45) is 0 Å². The van der Waals surface area contributed by atoms with Gasteiger partial charge >= 0.3 is 0 Å². The minimum Gasteiger partial charge on any atom is -0.277 e. The monoisotopic (exact) mass is 332 g/mol. The first-order valence-electron chi connectivity index (χ1n) is 6.60. The lowest BCUT2D eigenvalue weighted by molar-refractivity contribution is 0.601. The lowest BCUT2D eigenvalue weighted by atomic mass is 10.2. The highest BCUT2D eigenvalue weighted by atomic mass is 35.5. The van der Waals surface area contributed by atoms with E-state index in [0.717, 1.165) is 5.39 Å². The van der Waals surface area contributed by atoms with Crippen LogP contribution in [0, 0.1) is 6.92 Å². The van der Waals surface area contributed by atoms with E-state index in [-0.39, 0.29) is 4.90 Å². The summed E-state index contributed by atoms with van der Waals surface area (Å²) in [6, 6.07) is 13.7. The van der Waals surface area contributed by atoms with Crippen molar-refractivity contribution in [3.63, 3.8) is 0 Å². The molecule has 0 radical (unpaired) electrons. The van der Waals surface area contributed by atoms with Crippen LogP contribution in [0.5, 0.6) is 0 Å². The molecule has 0 aliphatic heterocycles. The third-order valence-electron chi connectivity index (χ3n) is 3.32. The van der Waals surface area contributed by atoms with Crippen molar-refractivity contribution in [2.75, 3.05) is 4.72 Å². The van der Waals surface area contributed by atoms with E-state index in [2.05, 4.69) is 9.71 Å². The van der Waals surface area contributed by atoms with Gasteiger partial charge in [0.25, 0.3) is 10.0 Å². The summed E-state index contributed by atoms with van der Waals surface area (Å²) in [5, 5.41) is 1.40. The Balaban J connectivity index is 2.05. The van der Waals surface area contributed by atoms with Gasteiger partial charge < -0.3 is 0 Å². The fourth-order valence-corrected chi connectivity index (χ4v) is 3.44. The van der Waals surface area contributed by atoms with Gasteiger partial charge in [-0.3, -0.25) is 9.71 Å². The summed E-state index contributed by atoms with van der Waals surface area (Å²) in [5.74, 6) is 0. The van der Waals surface area contributed by atoms with Crippen LogP contribution in [0.3, 0.4) is 0 Å². The number of para-hydroxylation sites is 1. The van der Waals surface area contributed by atoms with Gasteiger partial charge in [-0.05, 0) is 42.8 Å². The Morgan fingerprint density at radius 3 is 2.64 bits per heavy atom. The number of sulfonamides is 1. The van der Waals surface area contributed by atoms with Crippen molar-refractivity contribution in [3.8, 4) is 0 Å². The van der Waals surface area contributed by atoms with Crippen molar-refractivity contribution < 1.29 is 8.42 Å². The fraction of sp³-hybridized carbons (Fsp3) is 0.0625. The Hall–Kier alpha value is -2.11. The van der Waals surface area contributed by atoms with Gasteiger partial charge in [-0.25, -0.2) is 8.42 Å². The maximum atomic E-state index is 12.5. The van der Waals surface area contributed by atoms with Crippen molar-refractivity contribution in [2.45, 2.75) is 11.8 Å². The van der Waals surface area contributed by atoms with Crippen molar-refractivity contribution in [1.82, 2.24) is 4.98 Å². The third-order valence-corrected chi connectivity index (χ3v) is 5.10. The average Bonchev–Trinajstić information content (AvgIpc) is 2.50. The van der Waals surface area contributed by atoms with Gasteiger partial charge in [0.15, 0.2) is 0 Å². The Morgan fingerprint density at radius 2 is 1.86 bits per heavy atom. The zero-order valence-corrected chi connectivity index (χ0v) is 13.3. The molecule has 0 saturated carbocycles. The predicted molar refractivity (Wildman–Crippen MR) is 88.7 cm³/mol. The lowest BCUT2D eigenvalue weighted by Crippen LogP contribution is -2.13. The summed E-state index contributed by atoms with van der Waals surface area (Å²) in [4.78, 5) is 4.41. The van der Waals surface area contributed by atoms with Crippen LogP contribution in [-0.2, 0) is 10.0 Å². The summed E-state index contributed by atoms with van der Waals surface area (Å²) in [6.45, 7) is 1.76. The largest absolute Gasteiger partial charge is 0.277 e. The molecule has 4 nitrogen and oxygen atoms in total. The molecule has 0 unspecified atom stereocenters. The van der Waals surface area contributed by atoms with E-state index in [4.69, 9.17) is 11.6 Å². The second-order valence-electron chi connectivity index (χ2n) is 4.90. The summed E-state index contributed by atoms with van der Waals surface area (Å²) >= 11 is 5.94. The van der Waals surface area contributed by atoms with Gasteiger partial charge in [0.2, 0.25) is 0 Å². The first-order chi connectivity index (χ1) is 10.5. The molecule has 0 aliphatic carbocycles. The van der Waals surface area contributed by atoms with E-state index in [0.29, 0.717) is 21.8 Å². The lowest BCUT2D eigenvalue weighted by Gasteiger charge is -2.11. The molecule has 0 saturated heterocycles. The van der Waals surface area contributed by atoms with E-state index in [1.165, 1.54) is 6.07 Å². The van der Waals surface area contributed by atoms with Gasteiger partial charge in [0.05, 0.1) is 16.1 Å². The molecule has 3 aromatic rings. The molecular formula is C16H13ClN2O2S. The highest BCUT2D eigenvalue weighted by Crippen LogP contribution is 2.25. The van der Waals surface area contributed by atoms with E-state index in [9.17, 15) is 8.42 Å². The van der Waals surface area contributed by atoms with Gasteiger partial charge in [0.1, 0.15) is 0 Å². The second kappa shape index (κ2) is 5.59. The van der Waals surface area contributed by atoms with E-state index in [1.54, 1.807) is 37.4 Å². The number of rotatable bonds is 3. The zero-order chi connectivity index (χ0) is 15.7. The molecule has 22 heavy (non-hydrogen) atoms. The molecule has 1 N–H and O–H groups in total. The molecule has 0 spiro atoms. The average molecular weight is 333 g/mol. The number of halogens is 1. The second-order valence-corrected chi connectivity index (χ2v) is 6.99. The fourth-order valence-electron chi connectivity index (χ4n) is 2.17. The molecule has 112 valence electrons. The van der Waals surface area contributed by atoms with Crippen molar-refractivity contribution in [1.29, 1.82) is 0 Å². The van der Waals surface area contributed by atoms with Crippen molar-refractivity contribution >= 4 is 38.2 Å². The molecule has 0 bridgehead atoms. The molecule has 1 heterocycles. The van der Waals surface area contributed by atoms with Crippen LogP contribution < -0.4 is 4.72 Å². The van der Waals surface area contributed by atoms with Gasteiger partial charge in [0, 0.05) is 16.6 Å². The van der Waals surface area contributed by atoms with Gasteiger partial charge in [-0.2, -0.15) is 0 Å². The van der Waals surface area contributed by atoms with E-state index >= 15 is 0 Å². The topological polar surface area (TPSA) is 59.1 Å². The zero-order valence-electron chi connectivity index (χ0n) is 11.7. The minimum absolute atomic E-state index is 0.169. The quantitative estimate of drug-likeness (QED) is 0.788. The van der Waals surface area contributed by atoms with Crippen LogP contribution in [-0.4, -0.2) is 13.4 Å². The number of hydrogen-bond acceptors (Lipinski definition) is 3. The standard InChI is InChI=1S/C16H13ClN2O2S/c1-11-10-13(7-8-14(11)17)22(20,21)19-15-6-2-4-12-5-3-9-18-16(12)15/h2-10,19H,1H3. The minimum atomic E-state index is -3.69. The molecule has 1 aromatic heterocycles. The molecular weight excluding hydrogens is 320 g/mol. The number of nitrogens with zero attached hydrogens (tertiary/aromatic N) is 1. The summed E-state index contributed by atoms with van der Waals surface area (Å²) in [6.07, 6.45) is 1.63. The number of anilines is 1. The number of aromatic nitrogens is 1. The number of pyridine rings is 1. The molecule has 3 rings (SSSR count). The molecule has 0 fully saturated rings. The number of benzene rings is 2. The third kappa shape index (κ3) is 2.77. The molecule has 0 atom stereocenters. The highest BCUT2D eigenvalue weighted by molar-refractivity contribution is 7.92. The van der Waals surface area contributed by atoms with Crippen LogP contribution in [0.15, 0.2) is 59.6 Å². The van der Waals surface area contributed by atoms with E-state index in [1.807, 2.05) is 18.2 Å². The molecule has 0 amide bonds. The summed E-state index contributed by atoms with van der Waals surface area (Å²) in [5.41, 5.74) is 1.77.